The van der Waals surface area contributed by atoms with Crippen LogP contribution in [0.4, 0.5) is 5.69 Å². The van der Waals surface area contributed by atoms with Crippen LogP contribution in [0.2, 0.25) is 0 Å². The first-order valence-electron chi connectivity index (χ1n) is 8.55. The third kappa shape index (κ3) is 5.82. The summed E-state index contributed by atoms with van der Waals surface area (Å²) >= 11 is 0. The smallest absolute Gasteiger partial charge is 0.240 e. The van der Waals surface area contributed by atoms with Crippen molar-refractivity contribution in [3.8, 4) is 0 Å². The van der Waals surface area contributed by atoms with Crippen molar-refractivity contribution >= 4 is 27.5 Å². The number of sulfonamides is 1. The number of benzene rings is 1. The van der Waals surface area contributed by atoms with Crippen molar-refractivity contribution in [3.63, 3.8) is 0 Å². The first kappa shape index (κ1) is 19.4. The van der Waals surface area contributed by atoms with Gasteiger partial charge in [-0.15, -0.1) is 0 Å². The van der Waals surface area contributed by atoms with Crippen molar-refractivity contribution in [2.45, 2.75) is 43.9 Å². The third-order valence-electron chi connectivity index (χ3n) is 4.05. The summed E-state index contributed by atoms with van der Waals surface area (Å²) in [6.45, 7) is 2.98. The maximum absolute atomic E-state index is 12.3. The molecule has 0 unspecified atom stereocenters. The van der Waals surface area contributed by atoms with Crippen LogP contribution < -0.4 is 14.9 Å². The van der Waals surface area contributed by atoms with E-state index in [1.165, 1.54) is 19.1 Å². The monoisotopic (exact) mass is 367 g/mol. The summed E-state index contributed by atoms with van der Waals surface area (Å²) in [5.74, 6) is -0.00740. The number of nitrogens with zero attached hydrogens (tertiary/aromatic N) is 1. The number of amides is 2. The van der Waals surface area contributed by atoms with Gasteiger partial charge >= 0.3 is 0 Å². The van der Waals surface area contributed by atoms with Crippen LogP contribution in [-0.4, -0.2) is 39.9 Å². The number of carbonyl (C=O) groups is 2. The van der Waals surface area contributed by atoms with E-state index >= 15 is 0 Å². The molecule has 2 N–H and O–H groups in total. The first-order valence-corrected chi connectivity index (χ1v) is 10.0. The highest BCUT2D eigenvalue weighted by Gasteiger charge is 2.20. The Morgan fingerprint density at radius 1 is 1.12 bits per heavy atom. The number of hydrogen-bond acceptors (Lipinski definition) is 4. The van der Waals surface area contributed by atoms with Crippen LogP contribution in [0, 0.1) is 0 Å². The van der Waals surface area contributed by atoms with Crippen LogP contribution in [0.3, 0.4) is 0 Å². The molecule has 8 heteroatoms. The molecule has 1 heterocycles. The van der Waals surface area contributed by atoms with E-state index in [1.54, 1.807) is 17.0 Å². The van der Waals surface area contributed by atoms with Crippen molar-refractivity contribution in [1.82, 2.24) is 10.0 Å². The predicted molar refractivity (Wildman–Crippen MR) is 95.8 cm³/mol. The lowest BCUT2D eigenvalue weighted by atomic mass is 10.1. The van der Waals surface area contributed by atoms with Gasteiger partial charge in [0, 0.05) is 38.7 Å². The zero-order chi connectivity index (χ0) is 18.3. The van der Waals surface area contributed by atoms with Gasteiger partial charge in [-0.3, -0.25) is 9.59 Å². The van der Waals surface area contributed by atoms with E-state index in [9.17, 15) is 18.0 Å². The Bertz CT molecular complexity index is 701. The average Bonchev–Trinajstić information content (AvgIpc) is 2.58. The van der Waals surface area contributed by atoms with E-state index in [1.807, 2.05) is 0 Å². The minimum Gasteiger partial charge on any atom is -0.356 e. The van der Waals surface area contributed by atoms with E-state index in [0.717, 1.165) is 18.5 Å². The Kier molecular flexibility index (Phi) is 6.95. The van der Waals surface area contributed by atoms with E-state index < -0.39 is 10.0 Å². The Balaban J connectivity index is 1.87. The van der Waals surface area contributed by atoms with Gasteiger partial charge in [0.25, 0.3) is 0 Å². The molecule has 138 valence electrons. The largest absolute Gasteiger partial charge is 0.356 e. The van der Waals surface area contributed by atoms with E-state index in [-0.39, 0.29) is 16.7 Å². The minimum atomic E-state index is -3.57. The molecule has 0 aromatic heterocycles. The number of carbonyl (C=O) groups excluding carboxylic acids is 2. The molecule has 0 saturated carbocycles. The van der Waals surface area contributed by atoms with Crippen molar-refractivity contribution in [3.05, 3.63) is 24.3 Å². The summed E-state index contributed by atoms with van der Waals surface area (Å²) in [4.78, 5) is 24.5. The number of anilines is 1. The standard InChI is InChI=1S/C17H25N3O4S/c1-14(21)18-11-3-4-12-19-25(23,24)16-9-7-15(8-10-16)20-13-5-2-6-17(20)22/h7-10,19H,2-6,11-13H2,1H3,(H,18,21). The van der Waals surface area contributed by atoms with Gasteiger partial charge in [0.15, 0.2) is 0 Å². The topological polar surface area (TPSA) is 95.6 Å². The van der Waals surface area contributed by atoms with E-state index in [0.29, 0.717) is 38.9 Å². The molecule has 0 spiro atoms. The van der Waals surface area contributed by atoms with Gasteiger partial charge in [-0.2, -0.15) is 0 Å². The van der Waals surface area contributed by atoms with Crippen LogP contribution in [0.15, 0.2) is 29.2 Å². The molecule has 0 bridgehead atoms. The molecule has 0 atom stereocenters. The van der Waals surface area contributed by atoms with Crippen molar-refractivity contribution < 1.29 is 18.0 Å². The second-order valence-electron chi connectivity index (χ2n) is 6.08. The molecule has 2 amide bonds. The Hall–Kier alpha value is -1.93. The van der Waals surface area contributed by atoms with Crippen molar-refractivity contribution in [2.24, 2.45) is 0 Å². The Morgan fingerprint density at radius 2 is 1.80 bits per heavy atom. The summed E-state index contributed by atoms with van der Waals surface area (Å²) in [6.07, 6.45) is 3.76. The maximum atomic E-state index is 12.3. The molecule has 1 aliphatic rings. The Labute approximate surface area is 148 Å². The van der Waals surface area contributed by atoms with Gasteiger partial charge < -0.3 is 10.2 Å². The van der Waals surface area contributed by atoms with E-state index in [4.69, 9.17) is 0 Å². The van der Waals surface area contributed by atoms with Crippen LogP contribution in [0.5, 0.6) is 0 Å². The Morgan fingerprint density at radius 3 is 2.44 bits per heavy atom. The number of piperidine rings is 1. The molecule has 0 radical (unpaired) electrons. The van der Waals surface area contributed by atoms with Crippen LogP contribution in [0.25, 0.3) is 0 Å². The highest BCUT2D eigenvalue weighted by Crippen LogP contribution is 2.22. The SMILES string of the molecule is CC(=O)NCCCCNS(=O)(=O)c1ccc(N2CCCCC2=O)cc1. The van der Waals surface area contributed by atoms with Crippen molar-refractivity contribution in [1.29, 1.82) is 0 Å². The zero-order valence-corrected chi connectivity index (χ0v) is 15.3. The second-order valence-corrected chi connectivity index (χ2v) is 7.85. The molecule has 7 nitrogen and oxygen atoms in total. The van der Waals surface area contributed by atoms with Gasteiger partial charge in [0.2, 0.25) is 21.8 Å². The third-order valence-corrected chi connectivity index (χ3v) is 5.53. The first-order chi connectivity index (χ1) is 11.9. The van der Waals surface area contributed by atoms with Gasteiger partial charge in [-0.1, -0.05) is 0 Å². The molecule has 1 aromatic carbocycles. The van der Waals surface area contributed by atoms with Gasteiger partial charge in [0.1, 0.15) is 0 Å². The van der Waals surface area contributed by atoms with Crippen molar-refractivity contribution in [2.75, 3.05) is 24.5 Å². The fourth-order valence-corrected chi connectivity index (χ4v) is 3.76. The fourth-order valence-electron chi connectivity index (χ4n) is 2.69. The molecule has 1 aromatic rings. The summed E-state index contributed by atoms with van der Waals surface area (Å²) in [7, 11) is -3.57. The maximum Gasteiger partial charge on any atom is 0.240 e. The summed E-state index contributed by atoms with van der Waals surface area (Å²) in [6, 6.07) is 6.40. The van der Waals surface area contributed by atoms with Gasteiger partial charge in [0.05, 0.1) is 4.90 Å². The number of hydrogen-bond donors (Lipinski definition) is 2. The highest BCUT2D eigenvalue weighted by molar-refractivity contribution is 7.89. The fraction of sp³-hybridized carbons (Fsp3) is 0.529. The number of nitrogens with one attached hydrogen (secondary N) is 2. The number of rotatable bonds is 8. The molecule has 0 aliphatic carbocycles. The highest BCUT2D eigenvalue weighted by atomic mass is 32.2. The van der Waals surface area contributed by atoms with Gasteiger partial charge in [-0.25, -0.2) is 13.1 Å². The average molecular weight is 367 g/mol. The number of unbranched alkanes of at least 4 members (excludes halogenated alkanes) is 1. The zero-order valence-electron chi connectivity index (χ0n) is 14.5. The van der Waals surface area contributed by atoms with Crippen LogP contribution >= 0.6 is 0 Å². The summed E-state index contributed by atoms with van der Waals surface area (Å²) in [5.41, 5.74) is 0.735. The molecule has 1 saturated heterocycles. The van der Waals surface area contributed by atoms with Gasteiger partial charge in [-0.05, 0) is 49.9 Å². The molecule has 1 aliphatic heterocycles. The second kappa shape index (κ2) is 8.96. The lowest BCUT2D eigenvalue weighted by Gasteiger charge is -2.26. The predicted octanol–water partition coefficient (Wildman–Crippen LogP) is 1.40. The normalized spacial score (nSPS) is 15.2. The molecule has 1 fully saturated rings. The molecular formula is C17H25N3O4S. The lowest BCUT2D eigenvalue weighted by Crippen LogP contribution is -2.35. The summed E-state index contributed by atoms with van der Waals surface area (Å²) in [5, 5.41) is 2.67. The minimum absolute atomic E-state index is 0.0825. The van der Waals surface area contributed by atoms with Crippen LogP contribution in [0.1, 0.15) is 39.0 Å². The molecule has 25 heavy (non-hydrogen) atoms. The molecular weight excluding hydrogens is 342 g/mol. The summed E-state index contributed by atoms with van der Waals surface area (Å²) < 4.78 is 27.1. The van der Waals surface area contributed by atoms with Crippen LogP contribution in [-0.2, 0) is 19.6 Å². The lowest BCUT2D eigenvalue weighted by molar-refractivity contribution is -0.120. The van der Waals surface area contributed by atoms with E-state index in [2.05, 4.69) is 10.0 Å². The quantitative estimate of drug-likeness (QED) is 0.679. The molecule has 2 rings (SSSR count).